The highest BCUT2D eigenvalue weighted by molar-refractivity contribution is 7.18. The van der Waals surface area contributed by atoms with Gasteiger partial charge in [0.25, 0.3) is 5.91 Å². The van der Waals surface area contributed by atoms with Crippen molar-refractivity contribution in [2.45, 2.75) is 0 Å². The van der Waals surface area contributed by atoms with Crippen molar-refractivity contribution in [3.63, 3.8) is 0 Å². The van der Waals surface area contributed by atoms with E-state index >= 15 is 0 Å². The summed E-state index contributed by atoms with van der Waals surface area (Å²) in [5, 5.41) is 13.9. The molecule has 1 amide bonds. The number of benzene rings is 1. The van der Waals surface area contributed by atoms with Crippen LogP contribution in [0.15, 0.2) is 41.8 Å². The molecule has 0 radical (unpaired) electrons. The summed E-state index contributed by atoms with van der Waals surface area (Å²) in [6, 6.07) is 11.2. The number of methoxy groups -OCH3 is 1. The van der Waals surface area contributed by atoms with E-state index < -0.39 is 0 Å². The fourth-order valence-electron chi connectivity index (χ4n) is 1.77. The van der Waals surface area contributed by atoms with E-state index in [1.165, 1.54) is 22.7 Å². The Morgan fingerprint density at radius 3 is 2.81 bits per heavy atom. The van der Waals surface area contributed by atoms with Gasteiger partial charge >= 0.3 is 0 Å². The fraction of sp³-hybridized carbons (Fsp3) is 0.0714. The quantitative estimate of drug-likeness (QED) is 0.799. The number of aromatic nitrogens is 2. The van der Waals surface area contributed by atoms with Gasteiger partial charge < -0.3 is 4.74 Å². The Morgan fingerprint density at radius 1 is 1.19 bits per heavy atom. The third-order valence-corrected chi connectivity index (χ3v) is 4.47. The summed E-state index contributed by atoms with van der Waals surface area (Å²) in [4.78, 5) is 12.6. The zero-order chi connectivity index (χ0) is 14.7. The van der Waals surface area contributed by atoms with Gasteiger partial charge in [-0.1, -0.05) is 29.5 Å². The van der Waals surface area contributed by atoms with E-state index in [9.17, 15) is 4.79 Å². The molecule has 0 spiro atoms. The van der Waals surface area contributed by atoms with Gasteiger partial charge in [-0.15, -0.1) is 21.5 Å². The predicted octanol–water partition coefficient (Wildman–Crippen LogP) is 3.53. The Balaban J connectivity index is 1.82. The van der Waals surface area contributed by atoms with Crippen LogP contribution in [0, 0.1) is 0 Å². The van der Waals surface area contributed by atoms with Crippen molar-refractivity contribution < 1.29 is 9.53 Å². The lowest BCUT2D eigenvalue weighted by molar-refractivity contribution is 0.103. The van der Waals surface area contributed by atoms with Crippen molar-refractivity contribution in [2.24, 2.45) is 0 Å². The van der Waals surface area contributed by atoms with E-state index in [0.717, 1.165) is 11.3 Å². The second-order valence-corrected chi connectivity index (χ2v) is 5.97. The van der Waals surface area contributed by atoms with Crippen molar-refractivity contribution in [3.8, 4) is 16.3 Å². The maximum Gasteiger partial charge on any atom is 0.267 e. The Bertz CT molecular complexity index is 753. The second kappa shape index (κ2) is 6.02. The normalized spacial score (nSPS) is 10.3. The summed E-state index contributed by atoms with van der Waals surface area (Å²) < 4.78 is 5.30. The summed E-state index contributed by atoms with van der Waals surface area (Å²) in [5.41, 5.74) is 0.856. The van der Waals surface area contributed by atoms with E-state index in [1.807, 2.05) is 35.7 Å². The van der Waals surface area contributed by atoms with Gasteiger partial charge in [0.1, 0.15) is 5.75 Å². The summed E-state index contributed by atoms with van der Waals surface area (Å²) in [7, 11) is 1.61. The molecule has 7 heteroatoms. The van der Waals surface area contributed by atoms with Crippen molar-refractivity contribution in [3.05, 3.63) is 46.7 Å². The molecule has 0 aliphatic rings. The number of rotatable bonds is 4. The first kappa shape index (κ1) is 13.7. The number of nitrogens with one attached hydrogen (secondary N) is 1. The molecule has 0 atom stereocenters. The summed E-state index contributed by atoms with van der Waals surface area (Å²) in [6.07, 6.45) is 0. The number of nitrogens with zero attached hydrogens (tertiary/aromatic N) is 2. The molecule has 5 nitrogen and oxygen atoms in total. The topological polar surface area (TPSA) is 64.1 Å². The molecule has 3 rings (SSSR count). The molecule has 0 saturated heterocycles. The van der Waals surface area contributed by atoms with Crippen LogP contribution in [-0.4, -0.2) is 23.2 Å². The van der Waals surface area contributed by atoms with Crippen LogP contribution in [0.4, 0.5) is 5.13 Å². The number of amides is 1. The van der Waals surface area contributed by atoms with Crippen LogP contribution < -0.4 is 10.1 Å². The number of hydrogen-bond acceptors (Lipinski definition) is 6. The van der Waals surface area contributed by atoms with Crippen LogP contribution in [-0.2, 0) is 0 Å². The minimum Gasteiger partial charge on any atom is -0.496 e. The van der Waals surface area contributed by atoms with Crippen molar-refractivity contribution in [1.82, 2.24) is 10.2 Å². The zero-order valence-corrected chi connectivity index (χ0v) is 12.7. The molecule has 3 aromatic rings. The minimum atomic E-state index is -0.173. The highest BCUT2D eigenvalue weighted by Crippen LogP contribution is 2.33. The molecule has 2 heterocycles. The highest BCUT2D eigenvalue weighted by Gasteiger charge is 2.14. The fourth-order valence-corrected chi connectivity index (χ4v) is 3.16. The number of ether oxygens (including phenoxy) is 1. The lowest BCUT2D eigenvalue weighted by Crippen LogP contribution is -2.09. The summed E-state index contributed by atoms with van der Waals surface area (Å²) in [6.45, 7) is 0. The minimum absolute atomic E-state index is 0.173. The Morgan fingerprint density at radius 2 is 2.05 bits per heavy atom. The van der Waals surface area contributed by atoms with E-state index in [-0.39, 0.29) is 5.91 Å². The van der Waals surface area contributed by atoms with Crippen LogP contribution in [0.2, 0.25) is 0 Å². The number of para-hydroxylation sites is 1. The maximum absolute atomic E-state index is 12.0. The first-order valence-electron chi connectivity index (χ1n) is 6.09. The van der Waals surface area contributed by atoms with Crippen molar-refractivity contribution >= 4 is 33.7 Å². The van der Waals surface area contributed by atoms with Crippen molar-refractivity contribution in [1.29, 1.82) is 0 Å². The Hall–Kier alpha value is -2.25. The average molecular weight is 317 g/mol. The van der Waals surface area contributed by atoms with E-state index in [0.29, 0.717) is 15.0 Å². The standard InChI is InChI=1S/C14H11N3O2S2/c1-19-10-6-3-2-5-9(10)13-16-17-14(21-13)15-12(18)11-7-4-8-20-11/h2-8H,1H3,(H,15,17,18). The SMILES string of the molecule is COc1ccccc1-c1nnc(NC(=O)c2cccs2)s1. The van der Waals surface area contributed by atoms with Gasteiger partial charge in [-0.05, 0) is 23.6 Å². The molecule has 106 valence electrons. The molecule has 1 aromatic carbocycles. The van der Waals surface area contributed by atoms with Crippen LogP contribution >= 0.6 is 22.7 Å². The van der Waals surface area contributed by atoms with Gasteiger partial charge in [0.05, 0.1) is 17.6 Å². The molecule has 0 aliphatic heterocycles. The van der Waals surface area contributed by atoms with Crippen LogP contribution in [0.1, 0.15) is 9.67 Å². The van der Waals surface area contributed by atoms with Crippen LogP contribution in [0.5, 0.6) is 5.75 Å². The lowest BCUT2D eigenvalue weighted by atomic mass is 10.2. The average Bonchev–Trinajstić information content (AvgIpc) is 3.18. The Kier molecular flexibility index (Phi) is 3.94. The van der Waals surface area contributed by atoms with Gasteiger partial charge in [0.15, 0.2) is 5.01 Å². The maximum atomic E-state index is 12.0. The van der Waals surface area contributed by atoms with Crippen LogP contribution in [0.25, 0.3) is 10.6 Å². The third-order valence-electron chi connectivity index (χ3n) is 2.73. The molecular weight excluding hydrogens is 306 g/mol. The molecule has 0 fully saturated rings. The zero-order valence-electron chi connectivity index (χ0n) is 11.1. The van der Waals surface area contributed by atoms with E-state index in [4.69, 9.17) is 4.74 Å². The predicted molar refractivity (Wildman–Crippen MR) is 84.2 cm³/mol. The summed E-state index contributed by atoms with van der Waals surface area (Å²) in [5.74, 6) is 0.553. The smallest absolute Gasteiger partial charge is 0.267 e. The van der Waals surface area contributed by atoms with E-state index in [2.05, 4.69) is 15.5 Å². The Labute approximate surface area is 129 Å². The van der Waals surface area contributed by atoms with Gasteiger partial charge in [-0.25, -0.2) is 0 Å². The number of hydrogen-bond donors (Lipinski definition) is 1. The molecular formula is C14H11N3O2S2. The first-order chi connectivity index (χ1) is 10.3. The highest BCUT2D eigenvalue weighted by atomic mass is 32.1. The van der Waals surface area contributed by atoms with Crippen LogP contribution in [0.3, 0.4) is 0 Å². The number of carbonyl (C=O) groups is 1. The first-order valence-corrected chi connectivity index (χ1v) is 7.79. The molecule has 21 heavy (non-hydrogen) atoms. The molecule has 2 aromatic heterocycles. The molecule has 0 saturated carbocycles. The molecule has 0 bridgehead atoms. The number of thiophene rings is 1. The van der Waals surface area contributed by atoms with E-state index in [1.54, 1.807) is 13.2 Å². The lowest BCUT2D eigenvalue weighted by Gasteiger charge is -2.03. The van der Waals surface area contributed by atoms with Gasteiger partial charge in [-0.3, -0.25) is 10.1 Å². The molecule has 0 aliphatic carbocycles. The van der Waals surface area contributed by atoms with Gasteiger partial charge in [0.2, 0.25) is 5.13 Å². The summed E-state index contributed by atoms with van der Waals surface area (Å²) >= 11 is 2.70. The largest absolute Gasteiger partial charge is 0.496 e. The monoisotopic (exact) mass is 317 g/mol. The molecule has 0 unspecified atom stereocenters. The third kappa shape index (κ3) is 2.93. The van der Waals surface area contributed by atoms with Gasteiger partial charge in [0, 0.05) is 0 Å². The molecule has 1 N–H and O–H groups in total. The number of carbonyl (C=O) groups excluding carboxylic acids is 1. The number of anilines is 1. The van der Waals surface area contributed by atoms with Crippen molar-refractivity contribution in [2.75, 3.05) is 12.4 Å². The second-order valence-electron chi connectivity index (χ2n) is 4.04. The van der Waals surface area contributed by atoms with Gasteiger partial charge in [-0.2, -0.15) is 0 Å².